The molecule has 1 atom stereocenters. The lowest BCUT2D eigenvalue weighted by Gasteiger charge is -2.18. The molecule has 0 radical (unpaired) electrons. The van der Waals surface area contributed by atoms with E-state index in [0.29, 0.717) is 19.3 Å². The summed E-state index contributed by atoms with van der Waals surface area (Å²) in [5.74, 6) is -0.885. The second-order valence-corrected chi connectivity index (χ2v) is 20.6. The minimum absolute atomic E-state index is 0.0779. The first kappa shape index (κ1) is 69.6. The lowest BCUT2D eigenvalue weighted by Crippen LogP contribution is -2.30. The second-order valence-electron chi connectivity index (χ2n) is 20.6. The molecule has 73 heavy (non-hydrogen) atoms. The molecule has 420 valence electrons. The summed E-state index contributed by atoms with van der Waals surface area (Å²) in [6.07, 6.45) is 80.4. The van der Waals surface area contributed by atoms with Crippen LogP contribution in [0.3, 0.4) is 0 Å². The normalized spacial score (nSPS) is 12.6. The number of carbonyl (C=O) groups is 3. The van der Waals surface area contributed by atoms with Gasteiger partial charge in [-0.15, -0.1) is 0 Å². The SMILES string of the molecule is CC/C=C\C/C=C\C/C=C\C/C=C\C/C=C\CCCCCCCCCCCCCCCCCCCC(=O)OCC(COC(=O)CCCCCCCCCCC)OC(=O)CCCCCCC/C=C\C/C=C\CCC. The molecule has 0 aliphatic rings. The van der Waals surface area contributed by atoms with Crippen molar-refractivity contribution in [3.05, 3.63) is 85.1 Å². The van der Waals surface area contributed by atoms with Gasteiger partial charge in [-0.25, -0.2) is 0 Å². The van der Waals surface area contributed by atoms with Crippen LogP contribution in [0.25, 0.3) is 0 Å². The van der Waals surface area contributed by atoms with E-state index in [1.807, 2.05) is 0 Å². The molecule has 0 heterocycles. The van der Waals surface area contributed by atoms with E-state index >= 15 is 0 Å². The van der Waals surface area contributed by atoms with E-state index in [2.05, 4.69) is 106 Å². The van der Waals surface area contributed by atoms with Crippen LogP contribution in [-0.4, -0.2) is 37.2 Å². The summed E-state index contributed by atoms with van der Waals surface area (Å²) in [7, 11) is 0. The van der Waals surface area contributed by atoms with Crippen molar-refractivity contribution in [1.29, 1.82) is 0 Å². The highest BCUT2D eigenvalue weighted by Gasteiger charge is 2.19. The van der Waals surface area contributed by atoms with Gasteiger partial charge in [0.2, 0.25) is 0 Å². The predicted octanol–water partition coefficient (Wildman–Crippen LogP) is 21.1. The maximum Gasteiger partial charge on any atom is 0.306 e. The molecule has 0 saturated carbocycles. The number of rotatable bonds is 56. The van der Waals surface area contributed by atoms with Gasteiger partial charge in [-0.05, 0) is 89.9 Å². The summed E-state index contributed by atoms with van der Waals surface area (Å²) < 4.78 is 16.8. The molecule has 6 nitrogen and oxygen atoms in total. The van der Waals surface area contributed by atoms with E-state index in [-0.39, 0.29) is 31.1 Å². The molecule has 0 spiro atoms. The Hall–Kier alpha value is -3.41. The van der Waals surface area contributed by atoms with E-state index < -0.39 is 6.10 Å². The Bertz CT molecular complexity index is 1400. The fourth-order valence-corrected chi connectivity index (χ4v) is 8.74. The molecule has 0 aromatic heterocycles. The topological polar surface area (TPSA) is 78.9 Å². The summed E-state index contributed by atoms with van der Waals surface area (Å²) in [6.45, 7) is 6.45. The summed E-state index contributed by atoms with van der Waals surface area (Å²) >= 11 is 0. The fraction of sp³-hybridized carbons (Fsp3) is 0.746. The van der Waals surface area contributed by atoms with E-state index in [9.17, 15) is 14.4 Å². The third kappa shape index (κ3) is 59.3. The minimum atomic E-state index is -0.779. The number of unbranched alkanes of at least 4 members (excludes halogenated alkanes) is 31. The molecule has 0 fully saturated rings. The molecule has 0 bridgehead atoms. The Balaban J connectivity index is 4.04. The largest absolute Gasteiger partial charge is 0.462 e. The summed E-state index contributed by atoms with van der Waals surface area (Å²) in [5.41, 5.74) is 0. The molecule has 0 saturated heterocycles. The molecule has 0 aliphatic heterocycles. The van der Waals surface area contributed by atoms with Crippen LogP contribution in [0.1, 0.15) is 303 Å². The molecule has 0 N–H and O–H groups in total. The van der Waals surface area contributed by atoms with Crippen LogP contribution >= 0.6 is 0 Å². The number of allylic oxidation sites excluding steroid dienone is 14. The highest BCUT2D eigenvalue weighted by molar-refractivity contribution is 5.71. The monoisotopic (exact) mass is 1020 g/mol. The molecule has 0 aromatic carbocycles. The van der Waals surface area contributed by atoms with E-state index in [1.54, 1.807) is 0 Å². The molecule has 6 heteroatoms. The zero-order valence-corrected chi connectivity index (χ0v) is 48.1. The Labute approximate surface area is 452 Å². The summed E-state index contributed by atoms with van der Waals surface area (Å²) in [5, 5.41) is 0. The molecule has 0 rings (SSSR count). The van der Waals surface area contributed by atoms with Crippen LogP contribution in [0.15, 0.2) is 85.1 Å². The van der Waals surface area contributed by atoms with Crippen LogP contribution in [0.5, 0.6) is 0 Å². The maximum absolute atomic E-state index is 12.8. The van der Waals surface area contributed by atoms with Gasteiger partial charge >= 0.3 is 17.9 Å². The second kappa shape index (κ2) is 61.1. The van der Waals surface area contributed by atoms with Crippen molar-refractivity contribution in [3.63, 3.8) is 0 Å². The van der Waals surface area contributed by atoms with E-state index in [4.69, 9.17) is 14.2 Å². The predicted molar refractivity (Wildman–Crippen MR) is 316 cm³/mol. The lowest BCUT2D eigenvalue weighted by atomic mass is 10.0. The molecule has 0 amide bonds. The van der Waals surface area contributed by atoms with Gasteiger partial charge in [-0.3, -0.25) is 14.4 Å². The molecular weight excluding hydrogens is 901 g/mol. The first-order chi connectivity index (χ1) is 36.0. The molecular formula is C67H116O6. The van der Waals surface area contributed by atoms with Gasteiger partial charge in [0.1, 0.15) is 13.2 Å². The standard InChI is InChI=1S/C67H116O6/c1-4-7-10-13-16-19-21-23-24-25-26-27-28-29-30-31-32-33-34-35-36-37-38-39-40-41-42-44-45-48-51-54-57-60-66(69)72-63-64(62-71-65(68)59-56-53-50-47-18-15-12-9-6-3)73-67(70)61-58-55-52-49-46-43-22-20-17-14-11-8-5-2/h7,10-11,14,16,19-20,22-24,26-27,29-30,64H,4-6,8-9,12-13,15,17-18,21,25,28,31-63H2,1-3H3/b10-7-,14-11-,19-16-,22-20-,24-23-,27-26-,30-29-. The minimum Gasteiger partial charge on any atom is -0.462 e. The molecule has 0 aliphatic carbocycles. The van der Waals surface area contributed by atoms with Crippen molar-refractivity contribution in [3.8, 4) is 0 Å². The number of carbonyl (C=O) groups excluding carboxylic acids is 3. The van der Waals surface area contributed by atoms with Crippen molar-refractivity contribution in [2.45, 2.75) is 309 Å². The third-order valence-corrected chi connectivity index (χ3v) is 13.4. The number of hydrogen-bond donors (Lipinski definition) is 0. The van der Waals surface area contributed by atoms with Gasteiger partial charge in [-0.2, -0.15) is 0 Å². The average Bonchev–Trinajstić information content (AvgIpc) is 3.39. The zero-order valence-electron chi connectivity index (χ0n) is 48.1. The average molecular weight is 1020 g/mol. The Morgan fingerprint density at radius 3 is 0.890 bits per heavy atom. The summed E-state index contributed by atoms with van der Waals surface area (Å²) in [4.78, 5) is 38.0. The van der Waals surface area contributed by atoms with Gasteiger partial charge in [-0.1, -0.05) is 279 Å². The van der Waals surface area contributed by atoms with Crippen molar-refractivity contribution < 1.29 is 28.6 Å². The van der Waals surface area contributed by atoms with Crippen molar-refractivity contribution in [2.75, 3.05) is 13.2 Å². The van der Waals surface area contributed by atoms with Crippen LogP contribution < -0.4 is 0 Å². The van der Waals surface area contributed by atoms with Crippen molar-refractivity contribution >= 4 is 17.9 Å². The van der Waals surface area contributed by atoms with Gasteiger partial charge in [0.15, 0.2) is 6.10 Å². The third-order valence-electron chi connectivity index (χ3n) is 13.4. The van der Waals surface area contributed by atoms with Crippen LogP contribution in [0.2, 0.25) is 0 Å². The van der Waals surface area contributed by atoms with Crippen LogP contribution in [-0.2, 0) is 28.6 Å². The maximum atomic E-state index is 12.8. The van der Waals surface area contributed by atoms with E-state index in [1.165, 1.54) is 141 Å². The Morgan fingerprint density at radius 1 is 0.288 bits per heavy atom. The summed E-state index contributed by atoms with van der Waals surface area (Å²) in [6, 6.07) is 0. The van der Waals surface area contributed by atoms with Gasteiger partial charge in [0.25, 0.3) is 0 Å². The molecule has 1 unspecified atom stereocenters. The van der Waals surface area contributed by atoms with E-state index in [0.717, 1.165) is 122 Å². The lowest BCUT2D eigenvalue weighted by molar-refractivity contribution is -0.167. The number of esters is 3. The number of ether oxygens (including phenoxy) is 3. The first-order valence-corrected chi connectivity index (χ1v) is 31.1. The van der Waals surface area contributed by atoms with Crippen LogP contribution in [0.4, 0.5) is 0 Å². The smallest absolute Gasteiger partial charge is 0.306 e. The number of hydrogen-bond acceptors (Lipinski definition) is 6. The van der Waals surface area contributed by atoms with Crippen LogP contribution in [0, 0.1) is 0 Å². The fourth-order valence-electron chi connectivity index (χ4n) is 8.74. The van der Waals surface area contributed by atoms with Gasteiger partial charge < -0.3 is 14.2 Å². The molecule has 0 aromatic rings. The highest BCUT2D eigenvalue weighted by atomic mass is 16.6. The zero-order chi connectivity index (χ0) is 52.9. The van der Waals surface area contributed by atoms with Crippen molar-refractivity contribution in [2.24, 2.45) is 0 Å². The van der Waals surface area contributed by atoms with Gasteiger partial charge in [0, 0.05) is 19.3 Å². The Kier molecular flexibility index (Phi) is 58.3. The quantitative estimate of drug-likeness (QED) is 0.0261. The van der Waals surface area contributed by atoms with Crippen molar-refractivity contribution in [1.82, 2.24) is 0 Å². The Morgan fingerprint density at radius 2 is 0.562 bits per heavy atom. The highest BCUT2D eigenvalue weighted by Crippen LogP contribution is 2.17. The first-order valence-electron chi connectivity index (χ1n) is 31.1. The van der Waals surface area contributed by atoms with Gasteiger partial charge in [0.05, 0.1) is 0 Å².